The largest absolute Gasteiger partial charge is 0.366 e. The van der Waals surface area contributed by atoms with Crippen molar-refractivity contribution in [1.29, 1.82) is 0 Å². The van der Waals surface area contributed by atoms with E-state index in [2.05, 4.69) is 15.2 Å². The number of hydrogen-bond donors (Lipinski definition) is 1. The summed E-state index contributed by atoms with van der Waals surface area (Å²) in [6.45, 7) is 7.42. The van der Waals surface area contributed by atoms with Gasteiger partial charge in [0.15, 0.2) is 11.6 Å². The molecule has 2 aromatic rings. The first kappa shape index (κ1) is 19.6. The van der Waals surface area contributed by atoms with Gasteiger partial charge in [-0.3, -0.25) is 4.79 Å². The maximum atomic E-state index is 14.6. The summed E-state index contributed by atoms with van der Waals surface area (Å²) >= 11 is 5.95. The molecule has 0 fully saturated rings. The van der Waals surface area contributed by atoms with E-state index in [9.17, 15) is 9.18 Å². The first-order valence-corrected chi connectivity index (χ1v) is 9.58. The Kier molecular flexibility index (Phi) is 5.70. The summed E-state index contributed by atoms with van der Waals surface area (Å²) in [5, 5.41) is 3.32. The summed E-state index contributed by atoms with van der Waals surface area (Å²) in [6, 6.07) is 9.15. The van der Waals surface area contributed by atoms with Crippen LogP contribution < -0.4 is 10.2 Å². The Morgan fingerprint density at radius 3 is 2.67 bits per heavy atom. The van der Waals surface area contributed by atoms with Gasteiger partial charge in [-0.2, -0.15) is 0 Å². The van der Waals surface area contributed by atoms with Gasteiger partial charge in [-0.05, 0) is 36.0 Å². The molecule has 0 atom stereocenters. The molecule has 0 bridgehead atoms. The third kappa shape index (κ3) is 5.19. The van der Waals surface area contributed by atoms with E-state index in [1.165, 1.54) is 6.07 Å². The quantitative estimate of drug-likeness (QED) is 0.781. The van der Waals surface area contributed by atoms with Gasteiger partial charge in [0.25, 0.3) is 0 Å². The van der Waals surface area contributed by atoms with Crippen molar-refractivity contribution in [3.8, 4) is 0 Å². The summed E-state index contributed by atoms with van der Waals surface area (Å²) in [5.41, 5.74) is 2.56. The van der Waals surface area contributed by atoms with Gasteiger partial charge in [0.1, 0.15) is 0 Å². The number of hydrogen-bond acceptors (Lipinski definition) is 3. The van der Waals surface area contributed by atoms with E-state index in [-0.39, 0.29) is 17.1 Å². The van der Waals surface area contributed by atoms with E-state index >= 15 is 0 Å². The lowest BCUT2D eigenvalue weighted by molar-refractivity contribution is -0.117. The maximum absolute atomic E-state index is 14.6. The van der Waals surface area contributed by atoms with E-state index in [4.69, 9.17) is 11.6 Å². The van der Waals surface area contributed by atoms with Crippen LogP contribution in [-0.2, 0) is 17.8 Å². The number of halogens is 2. The van der Waals surface area contributed by atoms with Gasteiger partial charge < -0.3 is 10.2 Å². The number of aromatic nitrogens is 1. The SMILES string of the molecule is CC(C)(C)CC(=O)Nc1nc2c(cc1F)N(Cc1ccc(Cl)cc1)CCC2. The molecule has 0 aliphatic carbocycles. The maximum Gasteiger partial charge on any atom is 0.226 e. The van der Waals surface area contributed by atoms with Gasteiger partial charge in [0, 0.05) is 30.6 Å². The van der Waals surface area contributed by atoms with Crippen LogP contribution in [0.5, 0.6) is 0 Å². The second-order valence-corrected chi connectivity index (χ2v) is 8.66. The molecule has 0 saturated heterocycles. The van der Waals surface area contributed by atoms with Gasteiger partial charge in [-0.15, -0.1) is 0 Å². The highest BCUT2D eigenvalue weighted by Gasteiger charge is 2.23. The summed E-state index contributed by atoms with van der Waals surface area (Å²) in [5.74, 6) is -0.696. The van der Waals surface area contributed by atoms with Crippen molar-refractivity contribution in [2.24, 2.45) is 5.41 Å². The molecule has 1 amide bonds. The van der Waals surface area contributed by atoms with E-state index in [1.54, 1.807) is 0 Å². The molecule has 4 nitrogen and oxygen atoms in total. The average Bonchev–Trinajstić information content (AvgIpc) is 2.56. The number of pyridine rings is 1. The van der Waals surface area contributed by atoms with Crippen LogP contribution in [-0.4, -0.2) is 17.4 Å². The minimum atomic E-state index is -0.501. The Labute approximate surface area is 164 Å². The van der Waals surface area contributed by atoms with E-state index in [0.29, 0.717) is 18.0 Å². The summed E-state index contributed by atoms with van der Waals surface area (Å²) in [7, 11) is 0. The highest BCUT2D eigenvalue weighted by atomic mass is 35.5. The fraction of sp³-hybridized carbons (Fsp3) is 0.429. The van der Waals surface area contributed by atoms with Gasteiger partial charge in [-0.25, -0.2) is 9.37 Å². The molecule has 1 N–H and O–H groups in total. The predicted molar refractivity (Wildman–Crippen MR) is 108 cm³/mol. The monoisotopic (exact) mass is 389 g/mol. The molecule has 27 heavy (non-hydrogen) atoms. The molecule has 3 rings (SSSR count). The zero-order chi connectivity index (χ0) is 19.6. The molecule has 1 aliphatic heterocycles. The fourth-order valence-corrected chi connectivity index (χ4v) is 3.38. The van der Waals surface area contributed by atoms with Gasteiger partial charge in [-0.1, -0.05) is 44.5 Å². The number of fused-ring (bicyclic) bond motifs is 1. The lowest BCUT2D eigenvalue weighted by Gasteiger charge is -2.31. The van der Waals surface area contributed by atoms with Crippen molar-refractivity contribution >= 4 is 29.0 Å². The lowest BCUT2D eigenvalue weighted by atomic mass is 9.92. The third-order valence-corrected chi connectivity index (χ3v) is 4.70. The number of amides is 1. The standard InChI is InChI=1S/C21H25ClFN3O/c1-21(2,3)12-19(27)25-20-16(23)11-18-17(24-20)5-4-10-26(18)13-14-6-8-15(22)9-7-14/h6-9,11H,4-5,10,12-13H2,1-3H3,(H,24,25,27). The smallest absolute Gasteiger partial charge is 0.226 e. The molecule has 1 aromatic carbocycles. The number of aryl methyl sites for hydroxylation is 1. The summed E-state index contributed by atoms with van der Waals surface area (Å²) < 4.78 is 14.6. The number of rotatable bonds is 4. The molecule has 0 radical (unpaired) electrons. The Morgan fingerprint density at radius 2 is 2.00 bits per heavy atom. The van der Waals surface area contributed by atoms with Crippen LogP contribution in [0.15, 0.2) is 30.3 Å². The van der Waals surface area contributed by atoms with Crippen LogP contribution in [0, 0.1) is 11.2 Å². The Morgan fingerprint density at radius 1 is 1.30 bits per heavy atom. The number of carbonyl (C=O) groups is 1. The molecule has 0 saturated carbocycles. The number of nitrogens with zero attached hydrogens (tertiary/aromatic N) is 2. The van der Waals surface area contributed by atoms with Crippen LogP contribution in [0.25, 0.3) is 0 Å². The van der Waals surface area contributed by atoms with E-state index in [0.717, 1.165) is 36.3 Å². The summed E-state index contributed by atoms with van der Waals surface area (Å²) in [4.78, 5) is 18.7. The fourth-order valence-electron chi connectivity index (χ4n) is 3.25. The number of nitrogens with one attached hydrogen (secondary N) is 1. The second kappa shape index (κ2) is 7.85. The van der Waals surface area contributed by atoms with Crippen LogP contribution in [0.4, 0.5) is 15.9 Å². The van der Waals surface area contributed by atoms with Crippen LogP contribution >= 0.6 is 11.6 Å². The molecular formula is C21H25ClFN3O. The molecule has 144 valence electrons. The molecule has 0 unspecified atom stereocenters. The first-order valence-electron chi connectivity index (χ1n) is 9.20. The molecular weight excluding hydrogens is 365 g/mol. The van der Waals surface area contributed by atoms with Crippen molar-refractivity contribution in [2.75, 3.05) is 16.8 Å². The van der Waals surface area contributed by atoms with Crippen molar-refractivity contribution in [3.05, 3.63) is 52.4 Å². The Balaban J connectivity index is 1.79. The van der Waals surface area contributed by atoms with Gasteiger partial charge >= 0.3 is 0 Å². The van der Waals surface area contributed by atoms with Gasteiger partial charge in [0.05, 0.1) is 11.4 Å². The number of benzene rings is 1. The average molecular weight is 390 g/mol. The zero-order valence-electron chi connectivity index (χ0n) is 16.0. The molecule has 1 aliphatic rings. The lowest BCUT2D eigenvalue weighted by Crippen LogP contribution is -2.30. The molecule has 6 heteroatoms. The highest BCUT2D eigenvalue weighted by molar-refractivity contribution is 6.30. The molecule has 2 heterocycles. The van der Waals surface area contributed by atoms with Crippen molar-refractivity contribution in [2.45, 2.75) is 46.6 Å². The van der Waals surface area contributed by atoms with Crippen molar-refractivity contribution in [1.82, 2.24) is 4.98 Å². The second-order valence-electron chi connectivity index (χ2n) is 8.22. The highest BCUT2D eigenvalue weighted by Crippen LogP contribution is 2.31. The van der Waals surface area contributed by atoms with Crippen molar-refractivity contribution < 1.29 is 9.18 Å². The third-order valence-electron chi connectivity index (χ3n) is 4.45. The minimum Gasteiger partial charge on any atom is -0.366 e. The van der Waals surface area contributed by atoms with Gasteiger partial charge in [0.2, 0.25) is 5.91 Å². The summed E-state index contributed by atoms with van der Waals surface area (Å²) in [6.07, 6.45) is 2.03. The van der Waals surface area contributed by atoms with Crippen LogP contribution in [0.1, 0.15) is 44.9 Å². The Hall–Kier alpha value is -2.14. The molecule has 0 spiro atoms. The normalized spacial score (nSPS) is 14.0. The predicted octanol–water partition coefficient (Wildman–Crippen LogP) is 5.20. The van der Waals surface area contributed by atoms with Crippen LogP contribution in [0.3, 0.4) is 0 Å². The Bertz CT molecular complexity index is 831. The first-order chi connectivity index (χ1) is 12.7. The zero-order valence-corrected chi connectivity index (χ0v) is 16.7. The van der Waals surface area contributed by atoms with E-state index < -0.39 is 5.82 Å². The number of carbonyl (C=O) groups excluding carboxylic acids is 1. The van der Waals surface area contributed by atoms with Crippen molar-refractivity contribution in [3.63, 3.8) is 0 Å². The minimum absolute atomic E-state index is 0.0244. The molecule has 1 aromatic heterocycles. The number of anilines is 2. The van der Waals surface area contributed by atoms with E-state index in [1.807, 2.05) is 45.0 Å². The van der Waals surface area contributed by atoms with Crippen LogP contribution in [0.2, 0.25) is 5.02 Å². The topological polar surface area (TPSA) is 45.2 Å².